The predicted molar refractivity (Wildman–Crippen MR) is 123 cm³/mol. The number of hydrogen-bond acceptors (Lipinski definition) is 4. The molecule has 0 aromatic heterocycles. The highest BCUT2D eigenvalue weighted by atomic mass is 32.2. The summed E-state index contributed by atoms with van der Waals surface area (Å²) >= 11 is 1.69. The lowest BCUT2D eigenvalue weighted by Crippen LogP contribution is -2.31. The number of thioether (sulfide) groups is 1. The fraction of sp³-hybridized carbons (Fsp3) is 0.375. The summed E-state index contributed by atoms with van der Waals surface area (Å²) in [7, 11) is -2.92. The lowest BCUT2D eigenvalue weighted by atomic mass is 10.0. The van der Waals surface area contributed by atoms with Crippen LogP contribution in [0.25, 0.3) is 0 Å². The van der Waals surface area contributed by atoms with Crippen molar-refractivity contribution in [3.05, 3.63) is 71.1 Å². The van der Waals surface area contributed by atoms with E-state index in [1.807, 2.05) is 60.7 Å². The molecule has 1 saturated heterocycles. The largest absolute Gasteiger partial charge is 0.312 e. The Hall–Kier alpha value is -1.79. The van der Waals surface area contributed by atoms with E-state index in [0.29, 0.717) is 0 Å². The summed E-state index contributed by atoms with van der Waals surface area (Å²) in [4.78, 5) is 3.44. The van der Waals surface area contributed by atoms with Gasteiger partial charge in [-0.2, -0.15) is 5.26 Å². The molecular weight excluding hydrogens is 395 g/mol. The van der Waals surface area contributed by atoms with Gasteiger partial charge in [-0.25, -0.2) is 0 Å². The Kier molecular flexibility index (Phi) is 6.30. The van der Waals surface area contributed by atoms with Gasteiger partial charge in [0.2, 0.25) is 0 Å². The van der Waals surface area contributed by atoms with Crippen molar-refractivity contribution in [2.75, 3.05) is 19.6 Å². The number of nitriles is 1. The molecule has 29 heavy (non-hydrogen) atoms. The third kappa shape index (κ3) is 3.97. The van der Waals surface area contributed by atoms with Crippen molar-refractivity contribution in [2.24, 2.45) is 5.92 Å². The van der Waals surface area contributed by atoms with Gasteiger partial charge in [-0.15, -0.1) is 11.8 Å². The first-order valence-corrected chi connectivity index (χ1v) is 13.0. The Balaban J connectivity index is 1.71. The second-order valence-corrected chi connectivity index (χ2v) is 12.4. The summed E-state index contributed by atoms with van der Waals surface area (Å²) in [5, 5.41) is 11.7. The highest BCUT2D eigenvalue weighted by Gasteiger charge is 2.46. The van der Waals surface area contributed by atoms with Gasteiger partial charge in [-0.3, -0.25) is 4.90 Å². The summed E-state index contributed by atoms with van der Waals surface area (Å²) in [6.45, 7) is 5.09. The molecule has 2 heterocycles. The van der Waals surface area contributed by atoms with E-state index < -0.39 is 7.14 Å². The number of rotatable bonds is 5. The summed E-state index contributed by atoms with van der Waals surface area (Å²) in [5.41, 5.74) is 0.831. The molecule has 150 valence electrons. The predicted octanol–water partition coefficient (Wildman–Crippen LogP) is 4.97. The molecule has 0 spiro atoms. The van der Waals surface area contributed by atoms with Crippen molar-refractivity contribution in [3.63, 3.8) is 0 Å². The topological polar surface area (TPSA) is 44.1 Å². The van der Waals surface area contributed by atoms with Crippen molar-refractivity contribution in [3.8, 4) is 6.07 Å². The van der Waals surface area contributed by atoms with Crippen molar-refractivity contribution >= 4 is 29.5 Å². The van der Waals surface area contributed by atoms with Crippen LogP contribution in [0.1, 0.15) is 26.2 Å². The highest BCUT2D eigenvalue weighted by molar-refractivity contribution is 8.12. The van der Waals surface area contributed by atoms with Crippen LogP contribution in [0, 0.1) is 17.2 Å². The number of hydrogen-bond donors (Lipinski definition) is 0. The number of nitrogens with zero attached hydrogens (tertiary/aromatic N) is 2. The van der Waals surface area contributed by atoms with Crippen LogP contribution in [-0.4, -0.2) is 29.5 Å². The molecular formula is C24H27N2OPS. The lowest BCUT2D eigenvalue weighted by molar-refractivity contribution is 0.250. The van der Waals surface area contributed by atoms with Gasteiger partial charge in [-0.1, -0.05) is 74.0 Å². The fourth-order valence-corrected chi connectivity index (χ4v) is 10.3. The zero-order valence-corrected chi connectivity index (χ0v) is 18.5. The average molecular weight is 423 g/mol. The number of benzene rings is 2. The Morgan fingerprint density at radius 1 is 1.00 bits per heavy atom. The molecule has 2 unspecified atom stereocenters. The van der Waals surface area contributed by atoms with Gasteiger partial charge in [-0.05, 0) is 25.9 Å². The molecule has 4 rings (SSSR count). The summed E-state index contributed by atoms with van der Waals surface area (Å²) < 4.78 is 14.8. The lowest BCUT2D eigenvalue weighted by Gasteiger charge is -2.29. The Morgan fingerprint density at radius 3 is 2.07 bits per heavy atom. The zero-order valence-electron chi connectivity index (χ0n) is 16.8. The molecule has 0 radical (unpaired) electrons. The minimum absolute atomic E-state index is 0.0314. The van der Waals surface area contributed by atoms with Gasteiger partial charge < -0.3 is 4.57 Å². The van der Waals surface area contributed by atoms with E-state index in [0.717, 1.165) is 40.7 Å². The van der Waals surface area contributed by atoms with E-state index in [-0.39, 0.29) is 10.9 Å². The second-order valence-electron chi connectivity index (χ2n) is 7.91. The smallest absolute Gasteiger partial charge is 0.156 e. The van der Waals surface area contributed by atoms with Gasteiger partial charge in [0.15, 0.2) is 7.14 Å². The molecule has 0 amide bonds. The van der Waals surface area contributed by atoms with E-state index in [9.17, 15) is 9.83 Å². The number of piperidine rings is 1. The molecule has 5 heteroatoms. The average Bonchev–Trinajstić information content (AvgIpc) is 3.10. The van der Waals surface area contributed by atoms with E-state index in [1.165, 1.54) is 19.3 Å². The molecule has 0 aliphatic carbocycles. The van der Waals surface area contributed by atoms with E-state index >= 15 is 0 Å². The standard InChI is InChI=1S/C24H27N2OPS/c1-19-22(17-25)23(18-26-15-9-4-10-16-26)29-24(19)28(27,20-11-5-2-6-12-20)21-13-7-3-8-14-21/h2-3,5-8,11-14,19,24H,4,9-10,15-16,18H2,1H3. The summed E-state index contributed by atoms with van der Waals surface area (Å²) in [6, 6.07) is 22.2. The van der Waals surface area contributed by atoms with E-state index in [4.69, 9.17) is 0 Å². The Labute approximate surface area is 178 Å². The van der Waals surface area contributed by atoms with Crippen LogP contribution in [-0.2, 0) is 4.57 Å². The molecule has 2 aromatic rings. The maximum Gasteiger partial charge on any atom is 0.156 e. The van der Waals surface area contributed by atoms with Crippen LogP contribution >= 0.6 is 18.9 Å². The Bertz CT molecular complexity index is 918. The van der Waals surface area contributed by atoms with Gasteiger partial charge in [0.25, 0.3) is 0 Å². The van der Waals surface area contributed by atoms with Crippen LogP contribution in [0.15, 0.2) is 71.1 Å². The van der Waals surface area contributed by atoms with Crippen LogP contribution in [0.4, 0.5) is 0 Å². The molecule has 0 saturated carbocycles. The third-order valence-corrected chi connectivity index (χ3v) is 11.8. The maximum atomic E-state index is 14.8. The molecule has 1 fully saturated rings. The van der Waals surface area contributed by atoms with Crippen molar-refractivity contribution in [1.82, 2.24) is 4.90 Å². The third-order valence-electron chi connectivity index (χ3n) is 6.02. The maximum absolute atomic E-state index is 14.8. The van der Waals surface area contributed by atoms with Crippen molar-refractivity contribution in [2.45, 2.75) is 31.2 Å². The van der Waals surface area contributed by atoms with Gasteiger partial charge >= 0.3 is 0 Å². The van der Waals surface area contributed by atoms with E-state index in [2.05, 4.69) is 17.9 Å². The summed E-state index contributed by atoms with van der Waals surface area (Å²) in [6.07, 6.45) is 3.75. The molecule has 3 nitrogen and oxygen atoms in total. The van der Waals surface area contributed by atoms with Gasteiger partial charge in [0.1, 0.15) is 0 Å². The van der Waals surface area contributed by atoms with Crippen LogP contribution in [0.2, 0.25) is 0 Å². The van der Waals surface area contributed by atoms with Crippen molar-refractivity contribution < 1.29 is 4.57 Å². The van der Waals surface area contributed by atoms with Gasteiger partial charge in [0.05, 0.1) is 11.1 Å². The quantitative estimate of drug-likeness (QED) is 0.638. The SMILES string of the molecule is CC1C(C#N)=C(CN2CCCCC2)SC1P(=O)(c1ccccc1)c1ccccc1. The summed E-state index contributed by atoms with van der Waals surface area (Å²) in [5.74, 6) is -0.0314. The molecule has 2 atom stereocenters. The van der Waals surface area contributed by atoms with Crippen LogP contribution < -0.4 is 10.6 Å². The fourth-order valence-electron chi connectivity index (χ4n) is 4.45. The minimum atomic E-state index is -2.92. The molecule has 2 aromatic carbocycles. The molecule has 2 aliphatic rings. The Morgan fingerprint density at radius 2 is 1.55 bits per heavy atom. The van der Waals surface area contributed by atoms with Gasteiger partial charge in [0, 0.05) is 33.5 Å². The van der Waals surface area contributed by atoms with Crippen molar-refractivity contribution in [1.29, 1.82) is 5.26 Å². The first-order valence-electron chi connectivity index (χ1n) is 10.4. The second kappa shape index (κ2) is 8.92. The number of likely N-dealkylation sites (tertiary alicyclic amines) is 1. The normalized spacial score (nSPS) is 23.2. The molecule has 2 aliphatic heterocycles. The minimum Gasteiger partial charge on any atom is -0.312 e. The highest BCUT2D eigenvalue weighted by Crippen LogP contribution is 2.62. The zero-order chi connectivity index (χ0) is 20.3. The molecule has 0 bridgehead atoms. The van der Waals surface area contributed by atoms with Crippen LogP contribution in [0.3, 0.4) is 0 Å². The first kappa shape index (κ1) is 20.5. The van der Waals surface area contributed by atoms with Crippen LogP contribution in [0.5, 0.6) is 0 Å². The van der Waals surface area contributed by atoms with E-state index in [1.54, 1.807) is 11.8 Å². The number of allylic oxidation sites excluding steroid dienone is 1. The first-order chi connectivity index (χ1) is 14.1. The monoisotopic (exact) mass is 422 g/mol. The molecule has 0 N–H and O–H groups in total.